The lowest BCUT2D eigenvalue weighted by Crippen LogP contribution is -2.28. The summed E-state index contributed by atoms with van der Waals surface area (Å²) in [4.78, 5) is -0.196. The number of nitrogens with one attached hydrogen (secondary N) is 1. The maximum absolute atomic E-state index is 13.7. The van der Waals surface area contributed by atoms with Gasteiger partial charge in [0.2, 0.25) is 15.9 Å². The second-order valence-electron chi connectivity index (χ2n) is 5.67. The molecule has 0 unspecified atom stereocenters. The summed E-state index contributed by atoms with van der Waals surface area (Å²) in [6.07, 6.45) is 0. The first-order valence-corrected chi connectivity index (χ1v) is 9.83. The van der Waals surface area contributed by atoms with E-state index in [9.17, 15) is 12.8 Å². The van der Waals surface area contributed by atoms with Crippen molar-refractivity contribution < 1.29 is 22.3 Å². The predicted octanol–water partition coefficient (Wildman–Crippen LogP) is 2.65. The molecular formula is C19H18FN3O4S. The molecule has 0 bridgehead atoms. The maximum atomic E-state index is 13.7. The molecule has 9 heteroatoms. The van der Waals surface area contributed by atoms with Crippen LogP contribution in [0.15, 0.2) is 65.6 Å². The summed E-state index contributed by atoms with van der Waals surface area (Å²) in [6.45, 7) is 0.0231. The van der Waals surface area contributed by atoms with Gasteiger partial charge in [-0.05, 0) is 24.3 Å². The van der Waals surface area contributed by atoms with E-state index in [1.807, 2.05) is 30.3 Å². The van der Waals surface area contributed by atoms with Crippen molar-refractivity contribution in [2.24, 2.45) is 0 Å². The van der Waals surface area contributed by atoms with Crippen molar-refractivity contribution in [1.29, 1.82) is 0 Å². The van der Waals surface area contributed by atoms with Gasteiger partial charge in [0.1, 0.15) is 6.61 Å². The minimum absolute atomic E-state index is 0.0158. The Bertz CT molecular complexity index is 1030. The van der Waals surface area contributed by atoms with Crippen molar-refractivity contribution >= 4 is 10.0 Å². The quantitative estimate of drug-likeness (QED) is 0.582. The van der Waals surface area contributed by atoms with Crippen LogP contribution in [0.4, 0.5) is 4.39 Å². The summed E-state index contributed by atoms with van der Waals surface area (Å²) in [5.74, 6) is -0.510. The van der Waals surface area contributed by atoms with Crippen LogP contribution in [0.1, 0.15) is 0 Å². The number of sulfonamides is 1. The van der Waals surface area contributed by atoms with E-state index in [0.29, 0.717) is 5.69 Å². The highest BCUT2D eigenvalue weighted by Gasteiger charge is 2.16. The lowest BCUT2D eigenvalue weighted by Gasteiger charge is -2.09. The Hall–Kier alpha value is -3.04. The highest BCUT2D eigenvalue weighted by atomic mass is 32.2. The number of aromatic nitrogens is 2. The molecule has 0 saturated heterocycles. The van der Waals surface area contributed by atoms with Crippen LogP contribution in [0.2, 0.25) is 0 Å². The number of ether oxygens (including phenoxy) is 2. The van der Waals surface area contributed by atoms with E-state index in [0.717, 1.165) is 11.6 Å². The van der Waals surface area contributed by atoms with Crippen LogP contribution >= 0.6 is 0 Å². The smallest absolute Gasteiger partial charge is 0.240 e. The topological polar surface area (TPSA) is 90.4 Å². The normalized spacial score (nSPS) is 11.2. The van der Waals surface area contributed by atoms with Crippen molar-refractivity contribution in [3.05, 3.63) is 66.5 Å². The van der Waals surface area contributed by atoms with Gasteiger partial charge in [-0.1, -0.05) is 30.3 Å². The molecule has 28 heavy (non-hydrogen) atoms. The third-order valence-corrected chi connectivity index (χ3v) is 5.25. The van der Waals surface area contributed by atoms with Gasteiger partial charge in [0.25, 0.3) is 0 Å². The lowest BCUT2D eigenvalue weighted by atomic mass is 10.1. The van der Waals surface area contributed by atoms with Gasteiger partial charge in [0.05, 0.1) is 17.7 Å². The van der Waals surface area contributed by atoms with E-state index >= 15 is 0 Å². The molecular weight excluding hydrogens is 385 g/mol. The molecule has 3 aromatic rings. The summed E-state index contributed by atoms with van der Waals surface area (Å²) >= 11 is 0. The van der Waals surface area contributed by atoms with Gasteiger partial charge >= 0.3 is 0 Å². The molecule has 1 heterocycles. The molecule has 0 fully saturated rings. The zero-order valence-corrected chi connectivity index (χ0v) is 15.8. The largest absolute Gasteiger partial charge is 0.494 e. The summed E-state index contributed by atoms with van der Waals surface area (Å²) in [6, 6.07) is 16.4. The summed E-state index contributed by atoms with van der Waals surface area (Å²) < 4.78 is 50.6. The molecule has 0 aliphatic carbocycles. The first-order valence-electron chi connectivity index (χ1n) is 8.35. The number of nitrogens with zero attached hydrogens (tertiary/aromatic N) is 2. The minimum atomic E-state index is -3.87. The van der Waals surface area contributed by atoms with Gasteiger partial charge in [-0.2, -0.15) is 0 Å². The average Bonchev–Trinajstić information content (AvgIpc) is 2.72. The van der Waals surface area contributed by atoms with Crippen LogP contribution in [0, 0.1) is 5.82 Å². The van der Waals surface area contributed by atoms with Gasteiger partial charge < -0.3 is 9.47 Å². The highest BCUT2D eigenvalue weighted by Crippen LogP contribution is 2.20. The molecule has 2 aromatic carbocycles. The first kappa shape index (κ1) is 19.7. The Balaban J connectivity index is 1.53. The molecule has 3 rings (SSSR count). The molecule has 0 radical (unpaired) electrons. The molecule has 7 nitrogen and oxygen atoms in total. The fourth-order valence-corrected chi connectivity index (χ4v) is 3.41. The molecule has 0 saturated carbocycles. The zero-order chi connectivity index (χ0) is 20.0. The molecule has 0 atom stereocenters. The molecule has 0 spiro atoms. The van der Waals surface area contributed by atoms with Gasteiger partial charge in [0, 0.05) is 18.2 Å². The number of hydrogen-bond acceptors (Lipinski definition) is 6. The average molecular weight is 403 g/mol. The van der Waals surface area contributed by atoms with Crippen molar-refractivity contribution in [3.8, 4) is 22.9 Å². The Kier molecular flexibility index (Phi) is 6.17. The summed E-state index contributed by atoms with van der Waals surface area (Å²) in [5, 5.41) is 8.05. The van der Waals surface area contributed by atoms with Crippen LogP contribution in [0.3, 0.4) is 0 Å². The van der Waals surface area contributed by atoms with Gasteiger partial charge in [-0.15, -0.1) is 10.2 Å². The van der Waals surface area contributed by atoms with Crippen LogP contribution in [-0.2, 0) is 10.0 Å². The van der Waals surface area contributed by atoms with Crippen LogP contribution in [0.5, 0.6) is 11.6 Å². The van der Waals surface area contributed by atoms with Crippen molar-refractivity contribution in [1.82, 2.24) is 14.9 Å². The third-order valence-electron chi connectivity index (χ3n) is 3.79. The van der Waals surface area contributed by atoms with Crippen molar-refractivity contribution in [3.63, 3.8) is 0 Å². The monoisotopic (exact) mass is 403 g/mol. The van der Waals surface area contributed by atoms with Crippen LogP contribution < -0.4 is 14.2 Å². The van der Waals surface area contributed by atoms with Crippen molar-refractivity contribution in [2.75, 3.05) is 20.3 Å². The minimum Gasteiger partial charge on any atom is -0.494 e. The fraction of sp³-hybridized carbons (Fsp3) is 0.158. The van der Waals surface area contributed by atoms with E-state index < -0.39 is 15.8 Å². The van der Waals surface area contributed by atoms with E-state index in [2.05, 4.69) is 14.9 Å². The Morgan fingerprint density at radius 1 is 1.04 bits per heavy atom. The number of methoxy groups -OCH3 is 1. The van der Waals surface area contributed by atoms with Gasteiger partial charge in [-0.3, -0.25) is 0 Å². The van der Waals surface area contributed by atoms with Crippen LogP contribution in [0.25, 0.3) is 11.3 Å². The molecule has 0 amide bonds. The summed E-state index contributed by atoms with van der Waals surface area (Å²) in [5.41, 5.74) is 1.64. The third kappa shape index (κ3) is 4.81. The molecule has 0 aliphatic heterocycles. The molecule has 1 N–H and O–H groups in total. The zero-order valence-electron chi connectivity index (χ0n) is 15.0. The highest BCUT2D eigenvalue weighted by molar-refractivity contribution is 7.89. The summed E-state index contributed by atoms with van der Waals surface area (Å²) in [7, 11) is -2.56. The fourth-order valence-electron chi connectivity index (χ4n) is 2.39. The Morgan fingerprint density at radius 2 is 1.82 bits per heavy atom. The number of rotatable bonds is 8. The van der Waals surface area contributed by atoms with Gasteiger partial charge in [0.15, 0.2) is 11.6 Å². The SMILES string of the molecule is COc1ccc(S(=O)(=O)NCCOc2ccc(-c3ccccc3)nn2)cc1F. The van der Waals surface area contributed by atoms with Gasteiger partial charge in [-0.25, -0.2) is 17.5 Å². The van der Waals surface area contributed by atoms with E-state index in [4.69, 9.17) is 9.47 Å². The molecule has 146 valence electrons. The second kappa shape index (κ2) is 8.77. The van der Waals surface area contributed by atoms with E-state index in [1.165, 1.54) is 19.2 Å². The Labute approximate surface area is 162 Å². The second-order valence-corrected chi connectivity index (χ2v) is 7.43. The predicted molar refractivity (Wildman–Crippen MR) is 101 cm³/mol. The Morgan fingerprint density at radius 3 is 2.46 bits per heavy atom. The van der Waals surface area contributed by atoms with E-state index in [1.54, 1.807) is 12.1 Å². The number of hydrogen-bond donors (Lipinski definition) is 1. The van der Waals surface area contributed by atoms with Crippen molar-refractivity contribution in [2.45, 2.75) is 4.90 Å². The number of halogens is 1. The number of benzene rings is 2. The van der Waals surface area contributed by atoms with Crippen LogP contribution in [-0.4, -0.2) is 38.9 Å². The lowest BCUT2D eigenvalue weighted by molar-refractivity contribution is 0.307. The standard InChI is InChI=1S/C19H18FN3O4S/c1-26-18-9-7-15(13-16(18)20)28(24,25)21-11-12-27-19-10-8-17(22-23-19)14-5-3-2-4-6-14/h2-10,13,21H,11-12H2,1H3. The maximum Gasteiger partial charge on any atom is 0.240 e. The first-order chi connectivity index (χ1) is 13.5. The molecule has 0 aliphatic rings. The molecule has 1 aromatic heterocycles. The van der Waals surface area contributed by atoms with E-state index in [-0.39, 0.29) is 29.7 Å².